The van der Waals surface area contributed by atoms with Crippen LogP contribution in [-0.2, 0) is 6.54 Å². The van der Waals surface area contributed by atoms with Crippen LogP contribution in [-0.4, -0.2) is 45.0 Å². The molecule has 0 aliphatic heterocycles. The lowest BCUT2D eigenvalue weighted by Gasteiger charge is -2.07. The Kier molecular flexibility index (Phi) is 6.00. The summed E-state index contributed by atoms with van der Waals surface area (Å²) in [7, 11) is 0. The van der Waals surface area contributed by atoms with Gasteiger partial charge in [0.15, 0.2) is 0 Å². The molecule has 0 atom stereocenters. The van der Waals surface area contributed by atoms with Crippen molar-refractivity contribution in [2.75, 3.05) is 13.2 Å². The highest BCUT2D eigenvalue weighted by Gasteiger charge is 2.12. The van der Waals surface area contributed by atoms with Gasteiger partial charge in [0.2, 0.25) is 0 Å². The monoisotopic (exact) mass is 415 g/mol. The van der Waals surface area contributed by atoms with Gasteiger partial charge in [0.1, 0.15) is 11.4 Å². The number of rotatable bonds is 7. The number of hydrogen-bond acceptors (Lipinski definition) is 5. The van der Waals surface area contributed by atoms with E-state index in [1.54, 1.807) is 30.7 Å². The Balaban J connectivity index is 1.52. The summed E-state index contributed by atoms with van der Waals surface area (Å²) in [6.45, 7) is 0.475. The third kappa shape index (κ3) is 4.76. The van der Waals surface area contributed by atoms with E-state index in [0.717, 1.165) is 27.6 Å². The van der Waals surface area contributed by atoms with Crippen LogP contribution in [0.1, 0.15) is 26.5 Å². The second-order valence-corrected chi connectivity index (χ2v) is 6.93. The van der Waals surface area contributed by atoms with Crippen molar-refractivity contribution in [2.45, 2.75) is 6.54 Å². The van der Waals surface area contributed by atoms with Crippen LogP contribution in [0.15, 0.2) is 67.1 Å². The molecule has 8 heteroatoms. The molecule has 2 amide bonds. The van der Waals surface area contributed by atoms with Gasteiger partial charge in [-0.15, -0.1) is 0 Å². The van der Waals surface area contributed by atoms with E-state index in [0.29, 0.717) is 17.9 Å². The Morgan fingerprint density at radius 3 is 2.52 bits per heavy atom. The van der Waals surface area contributed by atoms with Gasteiger partial charge < -0.3 is 20.7 Å². The smallest absolute Gasteiger partial charge is 0.270 e. The minimum Gasteiger partial charge on any atom is -0.395 e. The lowest BCUT2D eigenvalue weighted by Crippen LogP contribution is -2.26. The number of amides is 2. The number of aliphatic hydroxyl groups is 1. The summed E-state index contributed by atoms with van der Waals surface area (Å²) in [5.41, 5.74) is 4.27. The van der Waals surface area contributed by atoms with Crippen LogP contribution in [0.3, 0.4) is 0 Å². The van der Waals surface area contributed by atoms with E-state index in [-0.39, 0.29) is 25.0 Å². The Morgan fingerprint density at radius 1 is 0.903 bits per heavy atom. The standard InChI is InChI=1S/C23H21N5O3/c29-10-9-26-23(31)21-13-18-11-16(1-2-19(18)28-21)17-5-8-25-20(12-17)22(30)27-14-15-3-6-24-7-4-15/h1-8,11-13,28-29H,9-10,14H2,(H,26,31)(H,27,30). The Morgan fingerprint density at radius 2 is 1.71 bits per heavy atom. The van der Waals surface area contributed by atoms with Crippen LogP contribution in [0, 0.1) is 0 Å². The lowest BCUT2D eigenvalue weighted by molar-refractivity contribution is 0.0935. The molecule has 4 aromatic rings. The third-order valence-electron chi connectivity index (χ3n) is 4.79. The molecule has 0 fully saturated rings. The van der Waals surface area contributed by atoms with Crippen LogP contribution in [0.4, 0.5) is 0 Å². The Bertz CT molecular complexity index is 1220. The van der Waals surface area contributed by atoms with Gasteiger partial charge in [0.05, 0.1) is 6.61 Å². The van der Waals surface area contributed by atoms with Crippen LogP contribution >= 0.6 is 0 Å². The number of nitrogens with zero attached hydrogens (tertiary/aromatic N) is 2. The molecule has 0 saturated carbocycles. The highest BCUT2D eigenvalue weighted by Crippen LogP contribution is 2.25. The minimum absolute atomic E-state index is 0.114. The van der Waals surface area contributed by atoms with Crippen LogP contribution in [0.25, 0.3) is 22.0 Å². The number of carbonyl (C=O) groups excluding carboxylic acids is 2. The minimum atomic E-state index is -0.274. The first kappa shape index (κ1) is 20.2. The maximum absolute atomic E-state index is 12.5. The number of pyridine rings is 2. The molecule has 3 heterocycles. The number of H-pyrrole nitrogens is 1. The second-order valence-electron chi connectivity index (χ2n) is 6.93. The van der Waals surface area contributed by atoms with Gasteiger partial charge in [-0.2, -0.15) is 0 Å². The molecule has 0 bridgehead atoms. The average molecular weight is 415 g/mol. The van der Waals surface area contributed by atoms with Crippen LogP contribution < -0.4 is 10.6 Å². The topological polar surface area (TPSA) is 120 Å². The molecule has 4 rings (SSSR count). The Hall–Kier alpha value is -4.04. The number of hydrogen-bond donors (Lipinski definition) is 4. The van der Waals surface area contributed by atoms with Crippen LogP contribution in [0.2, 0.25) is 0 Å². The molecule has 156 valence electrons. The van der Waals surface area contributed by atoms with Crippen molar-refractivity contribution in [3.05, 3.63) is 84.1 Å². The van der Waals surface area contributed by atoms with Crippen molar-refractivity contribution in [3.8, 4) is 11.1 Å². The van der Waals surface area contributed by atoms with Gasteiger partial charge >= 0.3 is 0 Å². The summed E-state index contributed by atoms with van der Waals surface area (Å²) in [5, 5.41) is 15.2. The molecule has 0 spiro atoms. The molecule has 0 unspecified atom stereocenters. The molecule has 0 radical (unpaired) electrons. The largest absolute Gasteiger partial charge is 0.395 e. The van der Waals surface area contributed by atoms with E-state index in [4.69, 9.17) is 5.11 Å². The molecule has 31 heavy (non-hydrogen) atoms. The highest BCUT2D eigenvalue weighted by atomic mass is 16.3. The van der Waals surface area contributed by atoms with Crippen molar-refractivity contribution in [3.63, 3.8) is 0 Å². The van der Waals surface area contributed by atoms with Gasteiger partial charge in [0, 0.05) is 42.6 Å². The maximum Gasteiger partial charge on any atom is 0.270 e. The molecule has 3 aromatic heterocycles. The predicted octanol–water partition coefficient (Wildman–Crippen LogP) is 2.28. The fourth-order valence-electron chi connectivity index (χ4n) is 3.21. The first-order chi connectivity index (χ1) is 15.1. The number of aromatic amines is 1. The molecular formula is C23H21N5O3. The van der Waals surface area contributed by atoms with Crippen LogP contribution in [0.5, 0.6) is 0 Å². The van der Waals surface area contributed by atoms with Gasteiger partial charge in [-0.1, -0.05) is 6.07 Å². The fraction of sp³-hybridized carbons (Fsp3) is 0.130. The number of aliphatic hydroxyl groups excluding tert-OH is 1. The first-order valence-corrected chi connectivity index (χ1v) is 9.79. The Labute approximate surface area is 178 Å². The molecule has 4 N–H and O–H groups in total. The zero-order chi connectivity index (χ0) is 21.6. The summed E-state index contributed by atoms with van der Waals surface area (Å²) in [4.78, 5) is 35.8. The van der Waals surface area contributed by atoms with Gasteiger partial charge in [-0.05, 0) is 59.2 Å². The number of carbonyl (C=O) groups is 2. The van der Waals surface area contributed by atoms with Gasteiger partial charge in [-0.25, -0.2) is 0 Å². The summed E-state index contributed by atoms with van der Waals surface area (Å²) in [5.74, 6) is -0.534. The number of fused-ring (bicyclic) bond motifs is 1. The van der Waals surface area contributed by atoms with E-state index < -0.39 is 0 Å². The first-order valence-electron chi connectivity index (χ1n) is 9.79. The van der Waals surface area contributed by atoms with Crippen molar-refractivity contribution >= 4 is 22.7 Å². The summed E-state index contributed by atoms with van der Waals surface area (Å²) in [6.07, 6.45) is 4.96. The molecule has 0 aliphatic rings. The predicted molar refractivity (Wildman–Crippen MR) is 116 cm³/mol. The molecule has 1 aromatic carbocycles. The van der Waals surface area contributed by atoms with Crippen molar-refractivity contribution in [2.24, 2.45) is 0 Å². The third-order valence-corrected chi connectivity index (χ3v) is 4.79. The average Bonchev–Trinajstić information content (AvgIpc) is 3.25. The zero-order valence-electron chi connectivity index (χ0n) is 16.6. The van der Waals surface area contributed by atoms with E-state index in [2.05, 4.69) is 25.6 Å². The van der Waals surface area contributed by atoms with Crippen molar-refractivity contribution in [1.29, 1.82) is 0 Å². The van der Waals surface area contributed by atoms with E-state index in [1.165, 1.54) is 0 Å². The van der Waals surface area contributed by atoms with Crippen molar-refractivity contribution in [1.82, 2.24) is 25.6 Å². The molecule has 0 saturated heterocycles. The second kappa shape index (κ2) is 9.19. The highest BCUT2D eigenvalue weighted by molar-refractivity contribution is 5.99. The maximum atomic E-state index is 12.5. The zero-order valence-corrected chi connectivity index (χ0v) is 16.6. The quantitative estimate of drug-likeness (QED) is 0.369. The molecular weight excluding hydrogens is 394 g/mol. The van der Waals surface area contributed by atoms with Gasteiger partial charge in [-0.3, -0.25) is 19.6 Å². The summed E-state index contributed by atoms with van der Waals surface area (Å²) >= 11 is 0. The lowest BCUT2D eigenvalue weighted by atomic mass is 10.0. The van der Waals surface area contributed by atoms with Crippen molar-refractivity contribution < 1.29 is 14.7 Å². The van der Waals surface area contributed by atoms with Gasteiger partial charge in [0.25, 0.3) is 11.8 Å². The fourth-order valence-corrected chi connectivity index (χ4v) is 3.21. The number of aromatic nitrogens is 3. The van der Waals surface area contributed by atoms with E-state index >= 15 is 0 Å². The number of benzene rings is 1. The summed E-state index contributed by atoms with van der Waals surface area (Å²) < 4.78 is 0. The van der Waals surface area contributed by atoms with E-state index in [9.17, 15) is 9.59 Å². The molecule has 0 aliphatic carbocycles. The molecule has 8 nitrogen and oxygen atoms in total. The SMILES string of the molecule is O=C(NCc1ccncc1)c1cc(-c2ccc3[nH]c(C(=O)NCCO)cc3c2)ccn1. The summed E-state index contributed by atoms with van der Waals surface area (Å²) in [6, 6.07) is 14.8. The van der Waals surface area contributed by atoms with E-state index in [1.807, 2.05) is 36.4 Å². The number of nitrogens with one attached hydrogen (secondary N) is 3. The normalized spacial score (nSPS) is 10.7.